The fourth-order valence-corrected chi connectivity index (χ4v) is 3.11. The summed E-state index contributed by atoms with van der Waals surface area (Å²) >= 11 is 5.88. The van der Waals surface area contributed by atoms with Gasteiger partial charge in [-0.05, 0) is 35.9 Å². The standard InChI is InChI=1S/C23H25ClN4O4/c1-23(2,14-29)13-27-19(30)12-28-20-16(4-3-9-25-20)10-18(22(28)32)21(31)26-11-15-5-7-17(24)8-6-15/h3-10,29H,11-14H2,1-2H3,(H,26,31)(H,27,30). The Morgan fingerprint density at radius 1 is 1.16 bits per heavy atom. The van der Waals surface area contributed by atoms with Crippen LogP contribution in [0.2, 0.25) is 5.02 Å². The van der Waals surface area contributed by atoms with E-state index in [0.29, 0.717) is 16.1 Å². The van der Waals surface area contributed by atoms with Crippen molar-refractivity contribution in [2.24, 2.45) is 5.41 Å². The van der Waals surface area contributed by atoms with E-state index in [1.807, 2.05) is 13.8 Å². The van der Waals surface area contributed by atoms with Crippen molar-refractivity contribution in [3.63, 3.8) is 0 Å². The molecule has 0 saturated heterocycles. The Labute approximate surface area is 190 Å². The molecule has 0 bridgehead atoms. The van der Waals surface area contributed by atoms with Crippen molar-refractivity contribution in [3.8, 4) is 0 Å². The Hall–Kier alpha value is -3.23. The first kappa shape index (κ1) is 23.4. The monoisotopic (exact) mass is 456 g/mol. The average molecular weight is 457 g/mol. The minimum atomic E-state index is -0.610. The third-order valence-corrected chi connectivity index (χ3v) is 5.20. The number of aliphatic hydroxyl groups excluding tert-OH is 1. The van der Waals surface area contributed by atoms with Crippen molar-refractivity contribution in [2.45, 2.75) is 26.9 Å². The van der Waals surface area contributed by atoms with Crippen LogP contribution in [0.1, 0.15) is 29.8 Å². The largest absolute Gasteiger partial charge is 0.396 e. The van der Waals surface area contributed by atoms with E-state index in [9.17, 15) is 19.5 Å². The Morgan fingerprint density at radius 2 is 1.88 bits per heavy atom. The van der Waals surface area contributed by atoms with Crippen LogP contribution in [0.4, 0.5) is 0 Å². The van der Waals surface area contributed by atoms with Gasteiger partial charge in [-0.2, -0.15) is 0 Å². The predicted molar refractivity (Wildman–Crippen MR) is 123 cm³/mol. The van der Waals surface area contributed by atoms with Gasteiger partial charge in [0.15, 0.2) is 0 Å². The third-order valence-electron chi connectivity index (χ3n) is 4.95. The maximum Gasteiger partial charge on any atom is 0.265 e. The number of carbonyl (C=O) groups excluding carboxylic acids is 2. The van der Waals surface area contributed by atoms with Gasteiger partial charge in [-0.1, -0.05) is 37.6 Å². The molecule has 0 aliphatic heterocycles. The van der Waals surface area contributed by atoms with Crippen LogP contribution in [0.15, 0.2) is 53.5 Å². The van der Waals surface area contributed by atoms with Gasteiger partial charge in [0, 0.05) is 41.7 Å². The van der Waals surface area contributed by atoms with Gasteiger partial charge in [0.2, 0.25) is 5.91 Å². The Morgan fingerprint density at radius 3 is 2.56 bits per heavy atom. The minimum absolute atomic E-state index is 0.0806. The fourth-order valence-electron chi connectivity index (χ4n) is 2.99. The number of halogens is 1. The first-order valence-corrected chi connectivity index (χ1v) is 10.5. The van der Waals surface area contributed by atoms with E-state index >= 15 is 0 Å². The van der Waals surface area contributed by atoms with Crippen molar-refractivity contribution < 1.29 is 14.7 Å². The molecule has 0 fully saturated rings. The van der Waals surface area contributed by atoms with Crippen LogP contribution in [0, 0.1) is 5.41 Å². The molecule has 3 N–H and O–H groups in total. The molecule has 8 nitrogen and oxygen atoms in total. The third kappa shape index (κ3) is 5.72. The second-order valence-corrected chi connectivity index (χ2v) is 8.71. The molecule has 0 aliphatic rings. The van der Waals surface area contributed by atoms with E-state index in [-0.39, 0.29) is 31.8 Å². The van der Waals surface area contributed by atoms with E-state index in [2.05, 4.69) is 15.6 Å². The molecule has 0 unspecified atom stereocenters. The number of pyridine rings is 2. The predicted octanol–water partition coefficient (Wildman–Crippen LogP) is 2.11. The lowest BCUT2D eigenvalue weighted by Crippen LogP contribution is -2.40. The molecule has 9 heteroatoms. The number of rotatable bonds is 8. The molecule has 0 radical (unpaired) electrons. The lowest BCUT2D eigenvalue weighted by molar-refractivity contribution is -0.122. The highest BCUT2D eigenvalue weighted by molar-refractivity contribution is 6.30. The van der Waals surface area contributed by atoms with Gasteiger partial charge in [0.1, 0.15) is 17.8 Å². The highest BCUT2D eigenvalue weighted by Gasteiger charge is 2.20. The lowest BCUT2D eigenvalue weighted by Gasteiger charge is -2.22. The van der Waals surface area contributed by atoms with Crippen LogP contribution in [-0.2, 0) is 17.9 Å². The Kier molecular flexibility index (Phi) is 7.27. The van der Waals surface area contributed by atoms with E-state index in [1.165, 1.54) is 16.8 Å². The van der Waals surface area contributed by atoms with E-state index < -0.39 is 22.8 Å². The maximum absolute atomic E-state index is 13.1. The molecule has 3 rings (SSSR count). The van der Waals surface area contributed by atoms with Gasteiger partial charge >= 0.3 is 0 Å². The van der Waals surface area contributed by atoms with Gasteiger partial charge < -0.3 is 15.7 Å². The number of hydrogen-bond acceptors (Lipinski definition) is 5. The number of carbonyl (C=O) groups is 2. The smallest absolute Gasteiger partial charge is 0.265 e. The molecule has 3 aromatic rings. The first-order valence-electron chi connectivity index (χ1n) is 10.1. The van der Waals surface area contributed by atoms with Gasteiger partial charge in [-0.3, -0.25) is 19.0 Å². The number of amides is 2. The molecule has 2 heterocycles. The molecule has 0 aliphatic carbocycles. The number of aromatic nitrogens is 2. The van der Waals surface area contributed by atoms with Crippen molar-refractivity contribution in [1.82, 2.24) is 20.2 Å². The highest BCUT2D eigenvalue weighted by atomic mass is 35.5. The molecule has 2 amide bonds. The molecule has 0 atom stereocenters. The van der Waals surface area contributed by atoms with Crippen LogP contribution in [0.3, 0.4) is 0 Å². The molecule has 168 valence electrons. The summed E-state index contributed by atoms with van der Waals surface area (Å²) in [6, 6.07) is 11.9. The van der Waals surface area contributed by atoms with Gasteiger partial charge in [0.05, 0.1) is 0 Å². The summed E-state index contributed by atoms with van der Waals surface area (Å²) in [5, 5.41) is 16.0. The van der Waals surface area contributed by atoms with Gasteiger partial charge in [-0.15, -0.1) is 0 Å². The summed E-state index contributed by atoms with van der Waals surface area (Å²) in [5.74, 6) is -0.967. The van der Waals surface area contributed by atoms with Crippen LogP contribution in [-0.4, -0.2) is 39.6 Å². The summed E-state index contributed by atoms with van der Waals surface area (Å²) in [6.07, 6.45) is 1.52. The zero-order valence-corrected chi connectivity index (χ0v) is 18.6. The molecular weight excluding hydrogens is 432 g/mol. The molecule has 32 heavy (non-hydrogen) atoms. The number of hydrogen-bond donors (Lipinski definition) is 3. The van der Waals surface area contributed by atoms with E-state index in [0.717, 1.165) is 5.56 Å². The zero-order valence-electron chi connectivity index (χ0n) is 17.9. The summed E-state index contributed by atoms with van der Waals surface area (Å²) < 4.78 is 1.19. The SMILES string of the molecule is CC(C)(CO)CNC(=O)Cn1c(=O)c(C(=O)NCc2ccc(Cl)cc2)cc2cccnc21. The summed E-state index contributed by atoms with van der Waals surface area (Å²) in [4.78, 5) is 42.6. The Bertz CT molecular complexity index is 1190. The second-order valence-electron chi connectivity index (χ2n) is 8.27. The van der Waals surface area contributed by atoms with Crippen molar-refractivity contribution in [2.75, 3.05) is 13.2 Å². The van der Waals surface area contributed by atoms with Crippen molar-refractivity contribution >= 4 is 34.4 Å². The van der Waals surface area contributed by atoms with Crippen LogP contribution in [0.25, 0.3) is 11.0 Å². The normalized spacial score (nSPS) is 11.4. The van der Waals surface area contributed by atoms with Gasteiger partial charge in [-0.25, -0.2) is 4.98 Å². The van der Waals surface area contributed by atoms with Crippen molar-refractivity contribution in [1.29, 1.82) is 0 Å². The minimum Gasteiger partial charge on any atom is -0.396 e. The zero-order chi connectivity index (χ0) is 23.3. The summed E-state index contributed by atoms with van der Waals surface area (Å²) in [6.45, 7) is 3.68. The number of aliphatic hydroxyl groups is 1. The quantitative estimate of drug-likeness (QED) is 0.480. The molecule has 1 aromatic carbocycles. The van der Waals surface area contributed by atoms with E-state index in [1.54, 1.807) is 36.4 Å². The number of fused-ring (bicyclic) bond motifs is 1. The Balaban J connectivity index is 1.85. The number of nitrogens with one attached hydrogen (secondary N) is 2. The highest BCUT2D eigenvalue weighted by Crippen LogP contribution is 2.13. The maximum atomic E-state index is 13.1. The second kappa shape index (κ2) is 9.93. The topological polar surface area (TPSA) is 113 Å². The first-order chi connectivity index (χ1) is 15.2. The van der Waals surface area contributed by atoms with Crippen LogP contribution < -0.4 is 16.2 Å². The molecular formula is C23H25ClN4O4. The summed E-state index contributed by atoms with van der Waals surface area (Å²) in [7, 11) is 0. The molecule has 0 saturated carbocycles. The molecule has 0 spiro atoms. The lowest BCUT2D eigenvalue weighted by atomic mass is 9.95. The fraction of sp³-hybridized carbons (Fsp3) is 0.304. The molecule has 2 aromatic heterocycles. The summed E-state index contributed by atoms with van der Waals surface area (Å²) in [5.41, 5.74) is -0.0475. The van der Waals surface area contributed by atoms with Gasteiger partial charge in [0.25, 0.3) is 11.5 Å². The van der Waals surface area contributed by atoms with Crippen LogP contribution in [0.5, 0.6) is 0 Å². The number of nitrogens with zero attached hydrogens (tertiary/aromatic N) is 2. The average Bonchev–Trinajstić information content (AvgIpc) is 2.79. The van der Waals surface area contributed by atoms with E-state index in [4.69, 9.17) is 11.6 Å². The van der Waals surface area contributed by atoms with Crippen LogP contribution >= 0.6 is 11.6 Å². The number of benzene rings is 1. The van der Waals surface area contributed by atoms with Crippen molar-refractivity contribution in [3.05, 3.63) is 75.2 Å².